The van der Waals surface area contributed by atoms with Crippen molar-refractivity contribution in [1.29, 1.82) is 0 Å². The summed E-state index contributed by atoms with van der Waals surface area (Å²) >= 11 is 0. The lowest BCUT2D eigenvalue weighted by atomic mass is 10.2. The van der Waals surface area contributed by atoms with E-state index in [1.165, 1.54) is 6.33 Å². The predicted octanol–water partition coefficient (Wildman–Crippen LogP) is 1.62. The Morgan fingerprint density at radius 3 is 2.60 bits per heavy atom. The molecule has 0 bridgehead atoms. The molecule has 3 N–H and O–H groups in total. The molecule has 0 spiro atoms. The number of nitrogen functional groups attached to an aromatic ring is 1. The van der Waals surface area contributed by atoms with E-state index in [-0.39, 0.29) is 0 Å². The lowest BCUT2D eigenvalue weighted by Gasteiger charge is -2.08. The first-order chi connectivity index (χ1) is 9.72. The number of methoxy groups -OCH3 is 2. The van der Waals surface area contributed by atoms with E-state index >= 15 is 0 Å². The standard InChI is InChI=1S/C13H13N5O2/c1-19-8-4-3-7(5-9(8)20-2)12-17-10-11(14)15-6-16-13(10)18-12/h3-6H,1-2H3,(H3,14,15,16,17,18). The first-order valence-electron chi connectivity index (χ1n) is 5.91. The van der Waals surface area contributed by atoms with E-state index in [0.29, 0.717) is 34.3 Å². The summed E-state index contributed by atoms with van der Waals surface area (Å²) in [6, 6.07) is 5.53. The highest BCUT2D eigenvalue weighted by Gasteiger charge is 2.11. The summed E-state index contributed by atoms with van der Waals surface area (Å²) in [5.41, 5.74) is 7.78. The van der Waals surface area contributed by atoms with Gasteiger partial charge >= 0.3 is 0 Å². The lowest BCUT2D eigenvalue weighted by molar-refractivity contribution is 0.355. The number of hydrogen-bond acceptors (Lipinski definition) is 6. The molecule has 0 atom stereocenters. The Morgan fingerprint density at radius 2 is 1.90 bits per heavy atom. The molecule has 0 fully saturated rings. The SMILES string of the molecule is COc1ccc(-c2nc3ncnc(N)c3[nH]2)cc1OC. The van der Waals surface area contributed by atoms with Crippen molar-refractivity contribution >= 4 is 17.0 Å². The number of nitrogens with two attached hydrogens (primary N) is 1. The summed E-state index contributed by atoms with van der Waals surface area (Å²) in [4.78, 5) is 15.5. The number of hydrogen-bond donors (Lipinski definition) is 2. The van der Waals surface area contributed by atoms with Gasteiger partial charge in [-0.15, -0.1) is 0 Å². The van der Waals surface area contributed by atoms with Gasteiger partial charge in [0.15, 0.2) is 23.0 Å². The van der Waals surface area contributed by atoms with Crippen LogP contribution in [0.1, 0.15) is 0 Å². The number of rotatable bonds is 3. The van der Waals surface area contributed by atoms with Gasteiger partial charge in [0.25, 0.3) is 0 Å². The van der Waals surface area contributed by atoms with Gasteiger partial charge in [0.05, 0.1) is 14.2 Å². The van der Waals surface area contributed by atoms with Crippen molar-refractivity contribution in [2.45, 2.75) is 0 Å². The highest BCUT2D eigenvalue weighted by Crippen LogP contribution is 2.32. The minimum absolute atomic E-state index is 0.370. The monoisotopic (exact) mass is 271 g/mol. The molecule has 0 amide bonds. The zero-order chi connectivity index (χ0) is 14.1. The smallest absolute Gasteiger partial charge is 0.183 e. The van der Waals surface area contributed by atoms with Gasteiger partial charge in [-0.3, -0.25) is 0 Å². The Morgan fingerprint density at radius 1 is 1.10 bits per heavy atom. The van der Waals surface area contributed by atoms with Gasteiger partial charge in [0.2, 0.25) is 0 Å². The third kappa shape index (κ3) is 1.89. The number of fused-ring (bicyclic) bond motifs is 1. The molecule has 102 valence electrons. The zero-order valence-electron chi connectivity index (χ0n) is 11.0. The average molecular weight is 271 g/mol. The van der Waals surface area contributed by atoms with Gasteiger partial charge in [0, 0.05) is 5.56 Å². The number of nitrogens with one attached hydrogen (secondary N) is 1. The van der Waals surface area contributed by atoms with Crippen molar-refractivity contribution in [2.75, 3.05) is 20.0 Å². The largest absolute Gasteiger partial charge is 0.493 e. The number of aromatic amines is 1. The number of anilines is 1. The number of imidazole rings is 1. The normalized spacial score (nSPS) is 10.7. The van der Waals surface area contributed by atoms with Crippen LogP contribution in [0.4, 0.5) is 5.82 Å². The molecule has 0 saturated carbocycles. The van der Waals surface area contributed by atoms with Crippen molar-refractivity contribution in [3.8, 4) is 22.9 Å². The second kappa shape index (κ2) is 4.69. The van der Waals surface area contributed by atoms with Crippen molar-refractivity contribution in [1.82, 2.24) is 19.9 Å². The van der Waals surface area contributed by atoms with Crippen molar-refractivity contribution in [3.05, 3.63) is 24.5 Å². The van der Waals surface area contributed by atoms with Crippen molar-refractivity contribution in [3.63, 3.8) is 0 Å². The average Bonchev–Trinajstić information content (AvgIpc) is 2.92. The fraction of sp³-hybridized carbons (Fsp3) is 0.154. The van der Waals surface area contributed by atoms with Crippen molar-refractivity contribution in [2.24, 2.45) is 0 Å². The van der Waals surface area contributed by atoms with Gasteiger partial charge in [-0.25, -0.2) is 15.0 Å². The summed E-state index contributed by atoms with van der Waals surface area (Å²) in [6.45, 7) is 0. The topological polar surface area (TPSA) is 98.9 Å². The Labute approximate surface area is 114 Å². The Hall–Kier alpha value is -2.83. The summed E-state index contributed by atoms with van der Waals surface area (Å²) in [7, 11) is 3.18. The molecular weight excluding hydrogens is 258 g/mol. The van der Waals surface area contributed by atoms with Crippen LogP contribution in [-0.2, 0) is 0 Å². The highest BCUT2D eigenvalue weighted by atomic mass is 16.5. The van der Waals surface area contributed by atoms with Gasteiger partial charge < -0.3 is 20.2 Å². The van der Waals surface area contributed by atoms with Crippen LogP contribution in [0.5, 0.6) is 11.5 Å². The number of ether oxygens (including phenoxy) is 2. The molecule has 0 aliphatic carbocycles. The Balaban J connectivity index is 2.13. The minimum Gasteiger partial charge on any atom is -0.493 e. The summed E-state index contributed by atoms with van der Waals surface area (Å²) in [5, 5.41) is 0. The molecule has 20 heavy (non-hydrogen) atoms. The maximum atomic E-state index is 5.78. The van der Waals surface area contributed by atoms with Crippen LogP contribution in [0.3, 0.4) is 0 Å². The third-order valence-corrected chi connectivity index (χ3v) is 2.97. The molecule has 2 aromatic heterocycles. The quantitative estimate of drug-likeness (QED) is 0.751. The van der Waals surface area contributed by atoms with E-state index in [4.69, 9.17) is 15.2 Å². The first kappa shape index (κ1) is 12.2. The predicted molar refractivity (Wildman–Crippen MR) is 74.6 cm³/mol. The van der Waals surface area contributed by atoms with Crippen LogP contribution in [0, 0.1) is 0 Å². The summed E-state index contributed by atoms with van der Waals surface area (Å²) < 4.78 is 10.5. The van der Waals surface area contributed by atoms with Crippen LogP contribution in [0.25, 0.3) is 22.6 Å². The molecule has 7 nitrogen and oxygen atoms in total. The van der Waals surface area contributed by atoms with Gasteiger partial charge in [0.1, 0.15) is 17.7 Å². The van der Waals surface area contributed by atoms with E-state index in [1.54, 1.807) is 14.2 Å². The van der Waals surface area contributed by atoms with E-state index in [1.807, 2.05) is 18.2 Å². The molecule has 0 radical (unpaired) electrons. The van der Waals surface area contributed by atoms with Crippen LogP contribution < -0.4 is 15.2 Å². The molecular formula is C13H13N5O2. The molecule has 0 aliphatic heterocycles. The second-order valence-corrected chi connectivity index (χ2v) is 4.11. The first-order valence-corrected chi connectivity index (χ1v) is 5.91. The highest BCUT2D eigenvalue weighted by molar-refractivity contribution is 5.84. The fourth-order valence-electron chi connectivity index (χ4n) is 1.97. The van der Waals surface area contributed by atoms with Crippen LogP contribution >= 0.6 is 0 Å². The van der Waals surface area contributed by atoms with E-state index in [2.05, 4.69) is 19.9 Å². The molecule has 0 unspecified atom stereocenters. The molecule has 0 aliphatic rings. The fourth-order valence-corrected chi connectivity index (χ4v) is 1.97. The molecule has 2 heterocycles. The van der Waals surface area contributed by atoms with Crippen LogP contribution in [-0.4, -0.2) is 34.2 Å². The third-order valence-electron chi connectivity index (χ3n) is 2.97. The second-order valence-electron chi connectivity index (χ2n) is 4.11. The van der Waals surface area contributed by atoms with E-state index < -0.39 is 0 Å². The van der Waals surface area contributed by atoms with Crippen LogP contribution in [0.2, 0.25) is 0 Å². The van der Waals surface area contributed by atoms with E-state index in [9.17, 15) is 0 Å². The minimum atomic E-state index is 0.370. The van der Waals surface area contributed by atoms with Gasteiger partial charge in [-0.1, -0.05) is 0 Å². The molecule has 7 heteroatoms. The van der Waals surface area contributed by atoms with E-state index in [0.717, 1.165) is 5.56 Å². The number of aromatic nitrogens is 4. The maximum absolute atomic E-state index is 5.78. The Kier molecular flexibility index (Phi) is 2.86. The maximum Gasteiger partial charge on any atom is 0.183 e. The summed E-state index contributed by atoms with van der Waals surface area (Å²) in [6.07, 6.45) is 1.39. The van der Waals surface area contributed by atoms with Crippen molar-refractivity contribution < 1.29 is 9.47 Å². The number of benzene rings is 1. The zero-order valence-corrected chi connectivity index (χ0v) is 11.0. The van der Waals surface area contributed by atoms with Crippen LogP contribution in [0.15, 0.2) is 24.5 Å². The lowest BCUT2D eigenvalue weighted by Crippen LogP contribution is -1.92. The number of nitrogens with zero attached hydrogens (tertiary/aromatic N) is 3. The molecule has 0 saturated heterocycles. The van der Waals surface area contributed by atoms with Gasteiger partial charge in [-0.05, 0) is 18.2 Å². The van der Waals surface area contributed by atoms with Gasteiger partial charge in [-0.2, -0.15) is 0 Å². The molecule has 3 rings (SSSR count). The molecule has 3 aromatic rings. The Bertz CT molecular complexity index is 769. The summed E-state index contributed by atoms with van der Waals surface area (Å²) in [5.74, 6) is 2.30. The molecule has 1 aromatic carbocycles. The number of H-pyrrole nitrogens is 1.